The summed E-state index contributed by atoms with van der Waals surface area (Å²) >= 11 is 0. The van der Waals surface area contributed by atoms with Crippen molar-refractivity contribution in [3.05, 3.63) is 130 Å². The Morgan fingerprint density at radius 1 is 0.872 bits per heavy atom. The molecular weight excluding hydrogens is 499 g/mol. The van der Waals surface area contributed by atoms with Crippen molar-refractivity contribution < 1.29 is 22.8 Å². The van der Waals surface area contributed by atoms with E-state index in [4.69, 9.17) is 0 Å². The summed E-state index contributed by atoms with van der Waals surface area (Å²) in [6, 6.07) is 18.7. The molecule has 4 aromatic rings. The Morgan fingerprint density at radius 3 is 2.44 bits per heavy atom. The van der Waals surface area contributed by atoms with Gasteiger partial charge in [0, 0.05) is 42.1 Å². The monoisotopic (exact) mass is 525 g/mol. The van der Waals surface area contributed by atoms with E-state index in [1.54, 1.807) is 36.5 Å². The average Bonchev–Trinajstić information content (AvgIpc) is 3.29. The molecule has 0 spiro atoms. The van der Waals surface area contributed by atoms with Crippen LogP contribution >= 0.6 is 0 Å². The first-order valence-corrected chi connectivity index (χ1v) is 12.8. The number of carbonyl (C=O) groups excluding carboxylic acids is 2. The minimum atomic E-state index is -0.694. The number of benzene rings is 3. The summed E-state index contributed by atoms with van der Waals surface area (Å²) in [6.45, 7) is 1.49. The lowest BCUT2D eigenvalue weighted by Crippen LogP contribution is -2.13. The number of Topliss-reactive ketones (excluding diaryl/α,β-unsaturated/α-hetero) is 2. The first-order valence-electron chi connectivity index (χ1n) is 12.8. The van der Waals surface area contributed by atoms with Crippen LogP contribution in [0.3, 0.4) is 0 Å². The van der Waals surface area contributed by atoms with Gasteiger partial charge in [-0.2, -0.15) is 0 Å². The van der Waals surface area contributed by atoms with Gasteiger partial charge in [-0.25, -0.2) is 13.2 Å². The molecule has 6 heteroatoms. The summed E-state index contributed by atoms with van der Waals surface area (Å²) in [5.41, 5.74) is 5.55. The van der Waals surface area contributed by atoms with E-state index in [1.807, 2.05) is 18.2 Å². The number of carbonyl (C=O) groups is 2. The smallest absolute Gasteiger partial charge is 0.159 e. The van der Waals surface area contributed by atoms with Crippen LogP contribution in [-0.2, 0) is 17.6 Å². The minimum Gasteiger partial charge on any atom is -0.299 e. The van der Waals surface area contributed by atoms with Gasteiger partial charge < -0.3 is 0 Å². The second kappa shape index (κ2) is 11.2. The lowest BCUT2D eigenvalue weighted by Gasteiger charge is -2.20. The Bertz CT molecular complexity index is 1590. The van der Waals surface area contributed by atoms with Crippen LogP contribution in [-0.4, -0.2) is 16.6 Å². The van der Waals surface area contributed by atoms with Crippen LogP contribution in [0.25, 0.3) is 16.7 Å². The van der Waals surface area contributed by atoms with Crippen molar-refractivity contribution in [2.75, 3.05) is 0 Å². The molecule has 196 valence electrons. The molecule has 5 rings (SSSR count). The summed E-state index contributed by atoms with van der Waals surface area (Å²) in [5.74, 6) is -2.41. The highest BCUT2D eigenvalue weighted by Gasteiger charge is 2.25. The molecule has 3 nitrogen and oxygen atoms in total. The molecule has 1 atom stereocenters. The number of fused-ring (bicyclic) bond motifs is 1. The zero-order valence-electron chi connectivity index (χ0n) is 21.4. The van der Waals surface area contributed by atoms with E-state index >= 15 is 0 Å². The van der Waals surface area contributed by atoms with Crippen LogP contribution in [0.2, 0.25) is 0 Å². The standard InChI is InChI=1S/C33H26F3NO2/c1-20(38)23-4-2-5-24(15-23)31-6-3-11-37-33(31)26(12-21-13-28(35)18-29(36)14-21)17-30(39)16-25-8-7-22-9-10-27(34)19-32(22)25/h2-6,8-11,13-15,18-19,26H,7,12,16-17H2,1H3/t26-/m1/s1. The Hall–Kier alpha value is -4.32. The third kappa shape index (κ3) is 6.06. The van der Waals surface area contributed by atoms with Crippen molar-refractivity contribution in [1.82, 2.24) is 4.98 Å². The predicted molar refractivity (Wildman–Crippen MR) is 145 cm³/mol. The normalized spacial score (nSPS) is 13.1. The Labute approximate surface area is 225 Å². The molecule has 0 saturated heterocycles. The van der Waals surface area contributed by atoms with Gasteiger partial charge >= 0.3 is 0 Å². The number of ketones is 2. The number of nitrogens with zero attached hydrogens (tertiary/aromatic N) is 1. The highest BCUT2D eigenvalue weighted by atomic mass is 19.1. The van der Waals surface area contributed by atoms with E-state index in [2.05, 4.69) is 4.98 Å². The lowest BCUT2D eigenvalue weighted by atomic mass is 9.85. The molecule has 1 heterocycles. The molecule has 0 bridgehead atoms. The van der Waals surface area contributed by atoms with E-state index in [-0.39, 0.29) is 36.6 Å². The SMILES string of the molecule is CC(=O)c1cccc(-c2cccnc2[C@@H](CC(=O)CC2=CCc3ccc(F)cc32)Cc2cc(F)cc(F)c2)c1. The average molecular weight is 526 g/mol. The third-order valence-electron chi connectivity index (χ3n) is 7.06. The van der Waals surface area contributed by atoms with E-state index < -0.39 is 17.6 Å². The molecule has 1 aliphatic carbocycles. The maximum atomic E-state index is 14.1. The Morgan fingerprint density at radius 2 is 1.67 bits per heavy atom. The van der Waals surface area contributed by atoms with Gasteiger partial charge in [-0.05, 0) is 84.0 Å². The lowest BCUT2D eigenvalue weighted by molar-refractivity contribution is -0.118. The van der Waals surface area contributed by atoms with Gasteiger partial charge in [-0.15, -0.1) is 0 Å². The van der Waals surface area contributed by atoms with Crippen LogP contribution in [0.5, 0.6) is 0 Å². The molecule has 3 aromatic carbocycles. The number of halogens is 3. The fraction of sp³-hybridized carbons (Fsp3) is 0.182. The molecule has 0 aliphatic heterocycles. The molecule has 0 amide bonds. The maximum absolute atomic E-state index is 14.1. The van der Waals surface area contributed by atoms with Crippen molar-refractivity contribution in [3.63, 3.8) is 0 Å². The number of hydrogen-bond acceptors (Lipinski definition) is 3. The van der Waals surface area contributed by atoms with Gasteiger partial charge in [0.15, 0.2) is 5.78 Å². The van der Waals surface area contributed by atoms with Crippen LogP contribution in [0, 0.1) is 17.5 Å². The van der Waals surface area contributed by atoms with Crippen molar-refractivity contribution in [2.45, 2.75) is 38.5 Å². The fourth-order valence-electron chi connectivity index (χ4n) is 5.27. The molecule has 0 unspecified atom stereocenters. The molecule has 0 fully saturated rings. The largest absolute Gasteiger partial charge is 0.299 e. The zero-order valence-corrected chi connectivity index (χ0v) is 21.4. The first kappa shape index (κ1) is 26.3. The maximum Gasteiger partial charge on any atom is 0.159 e. The number of rotatable bonds is 9. The number of aromatic nitrogens is 1. The van der Waals surface area contributed by atoms with Crippen LogP contribution < -0.4 is 0 Å². The van der Waals surface area contributed by atoms with E-state index in [0.717, 1.165) is 33.9 Å². The van der Waals surface area contributed by atoms with Gasteiger partial charge in [0.2, 0.25) is 0 Å². The zero-order chi connectivity index (χ0) is 27.5. The fourth-order valence-corrected chi connectivity index (χ4v) is 5.27. The summed E-state index contributed by atoms with van der Waals surface area (Å²) in [4.78, 5) is 30.1. The molecular formula is C33H26F3NO2. The second-order valence-electron chi connectivity index (χ2n) is 9.91. The summed E-state index contributed by atoms with van der Waals surface area (Å²) in [7, 11) is 0. The molecule has 1 aromatic heterocycles. The Balaban J connectivity index is 1.49. The number of hydrogen-bond donors (Lipinski definition) is 0. The molecule has 1 aliphatic rings. The topological polar surface area (TPSA) is 47.0 Å². The van der Waals surface area contributed by atoms with E-state index in [9.17, 15) is 22.8 Å². The highest BCUT2D eigenvalue weighted by molar-refractivity contribution is 5.95. The van der Waals surface area contributed by atoms with E-state index in [1.165, 1.54) is 31.2 Å². The quantitative estimate of drug-likeness (QED) is 0.211. The molecule has 39 heavy (non-hydrogen) atoms. The summed E-state index contributed by atoms with van der Waals surface area (Å²) in [5, 5.41) is 0. The molecule has 0 radical (unpaired) electrons. The van der Waals surface area contributed by atoms with Gasteiger partial charge in [-0.1, -0.05) is 36.4 Å². The Kier molecular flexibility index (Phi) is 7.55. The van der Waals surface area contributed by atoms with Crippen molar-refractivity contribution in [1.29, 1.82) is 0 Å². The predicted octanol–water partition coefficient (Wildman–Crippen LogP) is 7.68. The molecule has 0 N–H and O–H groups in total. The van der Waals surface area contributed by atoms with Crippen molar-refractivity contribution in [2.24, 2.45) is 0 Å². The number of pyridine rings is 1. The van der Waals surface area contributed by atoms with Crippen molar-refractivity contribution >= 4 is 17.1 Å². The van der Waals surface area contributed by atoms with Crippen LogP contribution in [0.15, 0.2) is 85.1 Å². The van der Waals surface area contributed by atoms with Crippen molar-refractivity contribution in [3.8, 4) is 11.1 Å². The van der Waals surface area contributed by atoms with Crippen LogP contribution in [0.1, 0.15) is 58.4 Å². The minimum absolute atomic E-state index is 0.0660. The van der Waals surface area contributed by atoms with Gasteiger partial charge in [0.05, 0.1) is 5.69 Å². The molecule has 0 saturated carbocycles. The van der Waals surface area contributed by atoms with Crippen LogP contribution in [0.4, 0.5) is 13.2 Å². The third-order valence-corrected chi connectivity index (χ3v) is 7.06. The number of allylic oxidation sites excluding steroid dienone is 2. The van der Waals surface area contributed by atoms with Gasteiger partial charge in [0.25, 0.3) is 0 Å². The highest BCUT2D eigenvalue weighted by Crippen LogP contribution is 2.35. The first-order chi connectivity index (χ1) is 18.8. The van der Waals surface area contributed by atoms with Gasteiger partial charge in [-0.3, -0.25) is 14.6 Å². The summed E-state index contributed by atoms with van der Waals surface area (Å²) in [6.07, 6.45) is 4.57. The summed E-state index contributed by atoms with van der Waals surface area (Å²) < 4.78 is 42.0. The van der Waals surface area contributed by atoms with Gasteiger partial charge in [0.1, 0.15) is 23.2 Å². The second-order valence-corrected chi connectivity index (χ2v) is 9.91. The van der Waals surface area contributed by atoms with E-state index in [0.29, 0.717) is 23.2 Å².